The van der Waals surface area contributed by atoms with Crippen molar-refractivity contribution in [2.75, 3.05) is 33.4 Å². The number of carbonyl (C=O) groups excluding carboxylic acids is 1. The summed E-state index contributed by atoms with van der Waals surface area (Å²) in [7, 11) is -2.21. The molecule has 0 aliphatic carbocycles. The van der Waals surface area contributed by atoms with Crippen LogP contribution in [0.25, 0.3) is 0 Å². The van der Waals surface area contributed by atoms with Crippen LogP contribution in [0.1, 0.15) is 21.5 Å². The number of sulfonamides is 1. The Morgan fingerprint density at radius 2 is 1.82 bits per heavy atom. The summed E-state index contributed by atoms with van der Waals surface area (Å²) in [6.07, 6.45) is 0. The maximum atomic E-state index is 12.5. The third-order valence-corrected chi connectivity index (χ3v) is 5.47. The Labute approximate surface area is 166 Å². The molecule has 0 aliphatic rings. The third-order valence-electron chi connectivity index (χ3n) is 4.01. The Kier molecular flexibility index (Phi) is 7.98. The summed E-state index contributed by atoms with van der Waals surface area (Å²) in [4.78, 5) is 12.5. The van der Waals surface area contributed by atoms with Crippen molar-refractivity contribution in [1.82, 2.24) is 10.0 Å². The van der Waals surface area contributed by atoms with E-state index in [-0.39, 0.29) is 24.0 Å². The second kappa shape index (κ2) is 10.2. The second-order valence-corrected chi connectivity index (χ2v) is 8.06. The van der Waals surface area contributed by atoms with E-state index in [1.165, 1.54) is 19.2 Å². The molecule has 2 N–H and O–H groups in total. The summed E-state index contributed by atoms with van der Waals surface area (Å²) in [5, 5.41) is 2.76. The standard InChI is InChI=1S/C20H26N2O5S/c1-15-5-4-6-17(13-15)27-12-9-21-20(23)19-14-18(8-7-16(19)2)28(24,25)22-10-11-26-3/h4-8,13-14,22H,9-12H2,1-3H3,(H,21,23). The molecule has 0 saturated heterocycles. The van der Waals surface area contributed by atoms with E-state index in [0.717, 1.165) is 11.3 Å². The molecule has 1 amide bonds. The zero-order valence-electron chi connectivity index (χ0n) is 16.3. The maximum absolute atomic E-state index is 12.5. The van der Waals surface area contributed by atoms with Crippen LogP contribution in [-0.4, -0.2) is 47.7 Å². The lowest BCUT2D eigenvalue weighted by molar-refractivity contribution is 0.0946. The van der Waals surface area contributed by atoms with Crippen molar-refractivity contribution < 1.29 is 22.7 Å². The summed E-state index contributed by atoms with van der Waals surface area (Å²) < 4.78 is 37.5. The van der Waals surface area contributed by atoms with Crippen LogP contribution in [-0.2, 0) is 14.8 Å². The van der Waals surface area contributed by atoms with Gasteiger partial charge in [0.25, 0.3) is 5.91 Å². The first-order valence-electron chi connectivity index (χ1n) is 8.90. The number of amides is 1. The molecule has 2 aromatic rings. The van der Waals surface area contributed by atoms with Crippen LogP contribution >= 0.6 is 0 Å². The second-order valence-electron chi connectivity index (χ2n) is 6.29. The highest BCUT2D eigenvalue weighted by atomic mass is 32.2. The molecule has 0 saturated carbocycles. The molecule has 0 unspecified atom stereocenters. The van der Waals surface area contributed by atoms with Crippen LogP contribution in [0, 0.1) is 13.8 Å². The van der Waals surface area contributed by atoms with Gasteiger partial charge in [-0.15, -0.1) is 0 Å². The fraction of sp³-hybridized carbons (Fsp3) is 0.350. The van der Waals surface area contributed by atoms with Gasteiger partial charge in [0.2, 0.25) is 10.0 Å². The van der Waals surface area contributed by atoms with E-state index in [1.54, 1.807) is 13.0 Å². The average Bonchev–Trinajstić information content (AvgIpc) is 2.65. The van der Waals surface area contributed by atoms with Gasteiger partial charge in [0, 0.05) is 19.2 Å². The average molecular weight is 407 g/mol. The SMILES string of the molecule is COCCNS(=O)(=O)c1ccc(C)c(C(=O)NCCOc2cccc(C)c2)c1. The van der Waals surface area contributed by atoms with Crippen molar-refractivity contribution in [1.29, 1.82) is 0 Å². The molecule has 0 aromatic heterocycles. The first-order valence-corrected chi connectivity index (χ1v) is 10.4. The van der Waals surface area contributed by atoms with Crippen molar-refractivity contribution >= 4 is 15.9 Å². The smallest absolute Gasteiger partial charge is 0.251 e. The van der Waals surface area contributed by atoms with E-state index in [1.807, 2.05) is 31.2 Å². The molecule has 0 radical (unpaired) electrons. The predicted octanol–water partition coefficient (Wildman–Crippen LogP) is 2.04. The topological polar surface area (TPSA) is 93.7 Å². The molecule has 152 valence electrons. The highest BCUT2D eigenvalue weighted by molar-refractivity contribution is 7.89. The van der Waals surface area contributed by atoms with Gasteiger partial charge in [-0.2, -0.15) is 0 Å². The fourth-order valence-electron chi connectivity index (χ4n) is 2.51. The number of aryl methyl sites for hydroxylation is 2. The molecule has 7 nitrogen and oxygen atoms in total. The molecular formula is C20H26N2O5S. The van der Waals surface area contributed by atoms with Crippen molar-refractivity contribution in [3.05, 3.63) is 59.2 Å². The number of benzene rings is 2. The van der Waals surface area contributed by atoms with E-state index < -0.39 is 10.0 Å². The summed E-state index contributed by atoms with van der Waals surface area (Å²) >= 11 is 0. The fourth-order valence-corrected chi connectivity index (χ4v) is 3.55. The number of rotatable bonds is 10. The zero-order chi connectivity index (χ0) is 20.6. The minimum absolute atomic E-state index is 0.0374. The minimum atomic E-state index is -3.71. The molecule has 28 heavy (non-hydrogen) atoms. The van der Waals surface area contributed by atoms with Crippen LogP contribution in [0.4, 0.5) is 0 Å². The Hall–Kier alpha value is -2.42. The number of carbonyl (C=O) groups is 1. The third kappa shape index (κ3) is 6.33. The monoisotopic (exact) mass is 406 g/mol. The van der Waals surface area contributed by atoms with Crippen LogP contribution < -0.4 is 14.8 Å². The van der Waals surface area contributed by atoms with Crippen molar-refractivity contribution in [3.63, 3.8) is 0 Å². The highest BCUT2D eigenvalue weighted by Crippen LogP contribution is 2.16. The van der Waals surface area contributed by atoms with Gasteiger partial charge in [0.05, 0.1) is 18.0 Å². The Morgan fingerprint density at radius 1 is 1.04 bits per heavy atom. The molecule has 0 heterocycles. The summed E-state index contributed by atoms with van der Waals surface area (Å²) in [6, 6.07) is 12.1. The summed E-state index contributed by atoms with van der Waals surface area (Å²) in [5.74, 6) is 0.389. The normalized spacial score (nSPS) is 11.2. The highest BCUT2D eigenvalue weighted by Gasteiger charge is 2.17. The molecule has 0 bridgehead atoms. The molecule has 0 spiro atoms. The zero-order valence-corrected chi connectivity index (χ0v) is 17.1. The van der Waals surface area contributed by atoms with Gasteiger partial charge in [-0.1, -0.05) is 18.2 Å². The molecule has 0 atom stereocenters. The van der Waals surface area contributed by atoms with Crippen LogP contribution in [0.15, 0.2) is 47.4 Å². The van der Waals surface area contributed by atoms with E-state index in [4.69, 9.17) is 9.47 Å². The molecule has 0 aliphatic heterocycles. The molecule has 2 aromatic carbocycles. The first kappa shape index (κ1) is 21.9. The molecule has 0 fully saturated rings. The number of hydrogen-bond donors (Lipinski definition) is 2. The lowest BCUT2D eigenvalue weighted by Gasteiger charge is -2.12. The minimum Gasteiger partial charge on any atom is -0.492 e. The van der Waals surface area contributed by atoms with Crippen LogP contribution in [0.2, 0.25) is 0 Å². The quantitative estimate of drug-likeness (QED) is 0.589. The van der Waals surface area contributed by atoms with Crippen molar-refractivity contribution in [2.24, 2.45) is 0 Å². The Bertz CT molecular complexity index is 913. The molecule has 2 rings (SSSR count). The first-order chi connectivity index (χ1) is 13.3. The van der Waals surface area contributed by atoms with E-state index in [0.29, 0.717) is 24.3 Å². The molecular weight excluding hydrogens is 380 g/mol. The van der Waals surface area contributed by atoms with Gasteiger partial charge in [-0.25, -0.2) is 13.1 Å². The number of ether oxygens (including phenoxy) is 2. The van der Waals surface area contributed by atoms with Crippen molar-refractivity contribution in [3.8, 4) is 5.75 Å². The number of hydrogen-bond acceptors (Lipinski definition) is 5. The lowest BCUT2D eigenvalue weighted by Crippen LogP contribution is -2.30. The summed E-state index contributed by atoms with van der Waals surface area (Å²) in [5.41, 5.74) is 2.09. The van der Waals surface area contributed by atoms with Gasteiger partial charge < -0.3 is 14.8 Å². The van der Waals surface area contributed by atoms with E-state index in [2.05, 4.69) is 10.0 Å². The summed E-state index contributed by atoms with van der Waals surface area (Å²) in [6.45, 7) is 4.76. The predicted molar refractivity (Wildman–Crippen MR) is 107 cm³/mol. The van der Waals surface area contributed by atoms with E-state index in [9.17, 15) is 13.2 Å². The van der Waals surface area contributed by atoms with Gasteiger partial charge >= 0.3 is 0 Å². The van der Waals surface area contributed by atoms with E-state index >= 15 is 0 Å². The number of methoxy groups -OCH3 is 1. The van der Waals surface area contributed by atoms with Crippen molar-refractivity contribution in [2.45, 2.75) is 18.7 Å². The van der Waals surface area contributed by atoms with Crippen LogP contribution in [0.3, 0.4) is 0 Å². The van der Waals surface area contributed by atoms with Gasteiger partial charge in [0.15, 0.2) is 0 Å². The van der Waals surface area contributed by atoms with Crippen LogP contribution in [0.5, 0.6) is 5.75 Å². The molecule has 8 heteroatoms. The maximum Gasteiger partial charge on any atom is 0.251 e. The Morgan fingerprint density at radius 3 is 2.54 bits per heavy atom. The van der Waals surface area contributed by atoms with Gasteiger partial charge in [-0.3, -0.25) is 4.79 Å². The van der Waals surface area contributed by atoms with Gasteiger partial charge in [0.1, 0.15) is 12.4 Å². The van der Waals surface area contributed by atoms with Gasteiger partial charge in [-0.05, 0) is 49.2 Å². The number of nitrogens with one attached hydrogen (secondary N) is 2. The Balaban J connectivity index is 1.96. The largest absolute Gasteiger partial charge is 0.492 e. The lowest BCUT2D eigenvalue weighted by atomic mass is 10.1.